The molecular weight excluding hydrogens is 232 g/mol. The Morgan fingerprint density at radius 1 is 1.50 bits per heavy atom. The SMILES string of the molecule is Cc1cc([N+](=O)[O-])ccc1-n1ccnc1CCN. The molecule has 94 valence electrons. The van der Waals surface area contributed by atoms with Crippen molar-refractivity contribution in [3.8, 4) is 5.69 Å². The quantitative estimate of drug-likeness (QED) is 0.655. The van der Waals surface area contributed by atoms with E-state index in [1.54, 1.807) is 18.3 Å². The molecular formula is C12H14N4O2. The van der Waals surface area contributed by atoms with Gasteiger partial charge in [0.05, 0.1) is 10.6 Å². The zero-order chi connectivity index (χ0) is 13.1. The molecule has 0 bridgehead atoms. The van der Waals surface area contributed by atoms with Crippen molar-refractivity contribution in [1.82, 2.24) is 9.55 Å². The summed E-state index contributed by atoms with van der Waals surface area (Å²) in [6.07, 6.45) is 4.20. The molecule has 6 heteroatoms. The van der Waals surface area contributed by atoms with E-state index < -0.39 is 4.92 Å². The van der Waals surface area contributed by atoms with Crippen LogP contribution in [0.1, 0.15) is 11.4 Å². The molecule has 18 heavy (non-hydrogen) atoms. The Hall–Kier alpha value is -2.21. The predicted octanol–water partition coefficient (Wildman–Crippen LogP) is 1.59. The molecule has 0 radical (unpaired) electrons. The average molecular weight is 246 g/mol. The second-order valence-corrected chi connectivity index (χ2v) is 3.98. The molecule has 2 rings (SSSR count). The summed E-state index contributed by atoms with van der Waals surface area (Å²) in [5.74, 6) is 0.856. The van der Waals surface area contributed by atoms with Gasteiger partial charge in [-0.25, -0.2) is 4.98 Å². The number of aryl methyl sites for hydroxylation is 1. The maximum atomic E-state index is 10.7. The number of nitro groups is 1. The van der Waals surface area contributed by atoms with Crippen LogP contribution in [0.25, 0.3) is 5.69 Å². The van der Waals surface area contributed by atoms with Crippen LogP contribution in [0, 0.1) is 17.0 Å². The van der Waals surface area contributed by atoms with Crippen LogP contribution in [-0.2, 0) is 6.42 Å². The summed E-state index contributed by atoms with van der Waals surface area (Å²) in [5, 5.41) is 10.7. The van der Waals surface area contributed by atoms with Crippen LogP contribution in [0.3, 0.4) is 0 Å². The number of nitrogens with zero attached hydrogens (tertiary/aromatic N) is 3. The van der Waals surface area contributed by atoms with Crippen LogP contribution in [0.2, 0.25) is 0 Å². The van der Waals surface area contributed by atoms with Gasteiger partial charge in [0.25, 0.3) is 5.69 Å². The molecule has 0 spiro atoms. The summed E-state index contributed by atoms with van der Waals surface area (Å²) in [5.41, 5.74) is 7.34. The molecule has 2 aromatic rings. The second kappa shape index (κ2) is 4.97. The minimum Gasteiger partial charge on any atom is -0.330 e. The van der Waals surface area contributed by atoms with Crippen molar-refractivity contribution in [2.45, 2.75) is 13.3 Å². The van der Waals surface area contributed by atoms with E-state index in [0.29, 0.717) is 13.0 Å². The van der Waals surface area contributed by atoms with E-state index in [9.17, 15) is 10.1 Å². The lowest BCUT2D eigenvalue weighted by Gasteiger charge is -2.10. The van der Waals surface area contributed by atoms with Crippen LogP contribution >= 0.6 is 0 Å². The minimum absolute atomic E-state index is 0.0942. The number of rotatable bonds is 4. The molecule has 1 aromatic carbocycles. The van der Waals surface area contributed by atoms with Gasteiger partial charge in [0.1, 0.15) is 5.82 Å². The lowest BCUT2D eigenvalue weighted by atomic mass is 10.1. The number of imidazole rings is 1. The van der Waals surface area contributed by atoms with Crippen molar-refractivity contribution < 1.29 is 4.92 Å². The van der Waals surface area contributed by atoms with Crippen LogP contribution in [0.4, 0.5) is 5.69 Å². The Morgan fingerprint density at radius 2 is 2.28 bits per heavy atom. The molecule has 0 unspecified atom stereocenters. The third kappa shape index (κ3) is 2.23. The Kier molecular flexibility index (Phi) is 3.38. The van der Waals surface area contributed by atoms with Gasteiger partial charge in [0.2, 0.25) is 0 Å². The van der Waals surface area contributed by atoms with E-state index in [-0.39, 0.29) is 5.69 Å². The Balaban J connectivity index is 2.44. The van der Waals surface area contributed by atoms with Crippen molar-refractivity contribution in [3.63, 3.8) is 0 Å². The lowest BCUT2D eigenvalue weighted by Crippen LogP contribution is -2.09. The van der Waals surface area contributed by atoms with Crippen LogP contribution in [0.15, 0.2) is 30.6 Å². The standard InChI is InChI=1S/C12H14N4O2/c1-9-8-10(16(17)18)2-3-11(9)15-7-6-14-12(15)4-5-13/h2-3,6-8H,4-5,13H2,1H3. The van der Waals surface area contributed by atoms with Crippen molar-refractivity contribution in [2.75, 3.05) is 6.54 Å². The fourth-order valence-corrected chi connectivity index (χ4v) is 1.89. The average Bonchev–Trinajstić information content (AvgIpc) is 2.77. The van der Waals surface area contributed by atoms with Crippen molar-refractivity contribution in [3.05, 3.63) is 52.1 Å². The van der Waals surface area contributed by atoms with E-state index >= 15 is 0 Å². The van der Waals surface area contributed by atoms with Gasteiger partial charge < -0.3 is 10.3 Å². The molecule has 0 aliphatic carbocycles. The normalized spacial score (nSPS) is 10.6. The van der Waals surface area contributed by atoms with Crippen molar-refractivity contribution in [2.24, 2.45) is 5.73 Å². The molecule has 0 aliphatic heterocycles. The Morgan fingerprint density at radius 3 is 2.89 bits per heavy atom. The lowest BCUT2D eigenvalue weighted by molar-refractivity contribution is -0.384. The Labute approximate surface area is 104 Å². The maximum Gasteiger partial charge on any atom is 0.269 e. The third-order valence-electron chi connectivity index (χ3n) is 2.74. The summed E-state index contributed by atoms with van der Waals surface area (Å²) in [4.78, 5) is 14.5. The molecule has 0 saturated carbocycles. The fourth-order valence-electron chi connectivity index (χ4n) is 1.89. The van der Waals surface area contributed by atoms with Gasteiger partial charge in [-0.1, -0.05) is 0 Å². The minimum atomic E-state index is -0.397. The highest BCUT2D eigenvalue weighted by Gasteiger charge is 2.11. The third-order valence-corrected chi connectivity index (χ3v) is 2.74. The van der Waals surface area contributed by atoms with Gasteiger partial charge in [-0.05, 0) is 25.1 Å². The number of hydrogen-bond donors (Lipinski definition) is 1. The molecule has 0 aliphatic rings. The van der Waals surface area contributed by atoms with E-state index in [1.165, 1.54) is 6.07 Å². The number of non-ortho nitro benzene ring substituents is 1. The molecule has 1 aromatic heterocycles. The number of benzene rings is 1. The van der Waals surface area contributed by atoms with Crippen molar-refractivity contribution in [1.29, 1.82) is 0 Å². The first kappa shape index (κ1) is 12.3. The first-order valence-corrected chi connectivity index (χ1v) is 5.61. The number of nitro benzene ring substituents is 1. The summed E-state index contributed by atoms with van der Waals surface area (Å²) < 4.78 is 1.91. The summed E-state index contributed by atoms with van der Waals surface area (Å²) in [7, 11) is 0. The van der Waals surface area contributed by atoms with Gasteiger partial charge in [0, 0.05) is 30.9 Å². The zero-order valence-corrected chi connectivity index (χ0v) is 10.0. The fraction of sp³-hybridized carbons (Fsp3) is 0.250. The topological polar surface area (TPSA) is 87.0 Å². The molecule has 0 amide bonds. The van der Waals surface area contributed by atoms with Gasteiger partial charge in [0.15, 0.2) is 0 Å². The van der Waals surface area contributed by atoms with Gasteiger partial charge in [-0.2, -0.15) is 0 Å². The van der Waals surface area contributed by atoms with E-state index in [4.69, 9.17) is 5.73 Å². The maximum absolute atomic E-state index is 10.7. The zero-order valence-electron chi connectivity index (χ0n) is 10.0. The first-order chi connectivity index (χ1) is 8.63. The molecule has 0 atom stereocenters. The molecule has 1 heterocycles. The van der Waals surface area contributed by atoms with Gasteiger partial charge in [-0.3, -0.25) is 10.1 Å². The number of nitrogens with two attached hydrogens (primary N) is 1. The molecule has 0 saturated heterocycles. The van der Waals surface area contributed by atoms with Crippen LogP contribution < -0.4 is 5.73 Å². The second-order valence-electron chi connectivity index (χ2n) is 3.98. The molecule has 0 fully saturated rings. The van der Waals surface area contributed by atoms with E-state index in [1.807, 2.05) is 17.7 Å². The summed E-state index contributed by atoms with van der Waals surface area (Å²) in [6.45, 7) is 2.36. The van der Waals surface area contributed by atoms with Crippen LogP contribution in [-0.4, -0.2) is 21.0 Å². The molecule has 2 N–H and O–H groups in total. The number of hydrogen-bond acceptors (Lipinski definition) is 4. The summed E-state index contributed by atoms with van der Waals surface area (Å²) >= 11 is 0. The molecule has 6 nitrogen and oxygen atoms in total. The predicted molar refractivity (Wildman–Crippen MR) is 67.7 cm³/mol. The van der Waals surface area contributed by atoms with Crippen molar-refractivity contribution >= 4 is 5.69 Å². The highest BCUT2D eigenvalue weighted by Crippen LogP contribution is 2.21. The van der Waals surface area contributed by atoms with Crippen LogP contribution in [0.5, 0.6) is 0 Å². The highest BCUT2D eigenvalue weighted by atomic mass is 16.6. The number of aromatic nitrogens is 2. The largest absolute Gasteiger partial charge is 0.330 e. The summed E-state index contributed by atoms with van der Waals surface area (Å²) in [6, 6.07) is 4.78. The van der Waals surface area contributed by atoms with Gasteiger partial charge in [-0.15, -0.1) is 0 Å². The van der Waals surface area contributed by atoms with E-state index in [0.717, 1.165) is 17.1 Å². The smallest absolute Gasteiger partial charge is 0.269 e. The monoisotopic (exact) mass is 246 g/mol. The van der Waals surface area contributed by atoms with E-state index in [2.05, 4.69) is 4.98 Å². The first-order valence-electron chi connectivity index (χ1n) is 5.61. The van der Waals surface area contributed by atoms with Gasteiger partial charge >= 0.3 is 0 Å². The Bertz CT molecular complexity index is 577. The highest BCUT2D eigenvalue weighted by molar-refractivity contribution is 5.48.